The molecule has 0 aliphatic carbocycles. The molecule has 0 spiro atoms. The maximum Gasteiger partial charge on any atom is 0.127 e. The minimum absolute atomic E-state index is 0.0797. The van der Waals surface area contributed by atoms with Crippen LogP contribution in [0.2, 0.25) is 0 Å². The van der Waals surface area contributed by atoms with E-state index in [4.69, 9.17) is 0 Å². The molecule has 1 aromatic carbocycles. The van der Waals surface area contributed by atoms with Crippen LogP contribution in [-0.4, -0.2) is 41.0 Å². The van der Waals surface area contributed by atoms with Gasteiger partial charge in [0.15, 0.2) is 0 Å². The van der Waals surface area contributed by atoms with Crippen LogP contribution in [-0.2, 0) is 13.1 Å². The highest BCUT2D eigenvalue weighted by molar-refractivity contribution is 7.17. The van der Waals surface area contributed by atoms with E-state index in [9.17, 15) is 4.39 Å². The first-order chi connectivity index (χ1) is 11.7. The average molecular weight is 343 g/mol. The predicted octanol–water partition coefficient (Wildman–Crippen LogP) is 3.99. The Hall–Kier alpha value is -1.69. The molecule has 3 heterocycles. The number of aromatic amines is 1. The molecule has 1 aliphatic rings. The van der Waals surface area contributed by atoms with Crippen LogP contribution in [0.1, 0.15) is 16.8 Å². The van der Waals surface area contributed by atoms with Gasteiger partial charge in [0.2, 0.25) is 0 Å². The summed E-state index contributed by atoms with van der Waals surface area (Å²) in [6.07, 6.45) is 0. The highest BCUT2D eigenvalue weighted by atomic mass is 32.1. The van der Waals surface area contributed by atoms with Crippen LogP contribution in [0.15, 0.2) is 35.7 Å². The number of nitrogens with zero attached hydrogens (tertiary/aromatic N) is 2. The number of hydrogen-bond donors (Lipinski definition) is 1. The first-order valence-corrected chi connectivity index (χ1v) is 9.30. The summed E-state index contributed by atoms with van der Waals surface area (Å²) in [7, 11) is 0. The molecular weight excluding hydrogens is 321 g/mol. The van der Waals surface area contributed by atoms with Gasteiger partial charge in [0.1, 0.15) is 5.82 Å². The van der Waals surface area contributed by atoms with E-state index in [0.29, 0.717) is 6.54 Å². The second kappa shape index (κ2) is 6.67. The summed E-state index contributed by atoms with van der Waals surface area (Å²) in [6, 6.07) is 9.93. The van der Waals surface area contributed by atoms with Crippen LogP contribution in [0, 0.1) is 12.7 Å². The van der Waals surface area contributed by atoms with Crippen LogP contribution >= 0.6 is 11.3 Å². The van der Waals surface area contributed by atoms with Crippen LogP contribution < -0.4 is 0 Å². The molecule has 0 atom stereocenters. The van der Waals surface area contributed by atoms with Gasteiger partial charge in [-0.3, -0.25) is 9.80 Å². The van der Waals surface area contributed by atoms with Crippen LogP contribution in [0.3, 0.4) is 0 Å². The molecule has 4 rings (SSSR count). The zero-order valence-corrected chi connectivity index (χ0v) is 14.7. The number of rotatable bonds is 4. The number of thiophene rings is 1. The number of benzene rings is 1. The molecule has 1 fully saturated rings. The van der Waals surface area contributed by atoms with E-state index in [2.05, 4.69) is 32.3 Å². The Morgan fingerprint density at radius 3 is 2.50 bits per heavy atom. The van der Waals surface area contributed by atoms with Gasteiger partial charge in [-0.1, -0.05) is 12.1 Å². The van der Waals surface area contributed by atoms with E-state index in [-0.39, 0.29) is 5.82 Å². The summed E-state index contributed by atoms with van der Waals surface area (Å²) >= 11 is 1.78. The maximum atomic E-state index is 14.0. The third kappa shape index (κ3) is 3.38. The molecule has 24 heavy (non-hydrogen) atoms. The molecule has 5 heteroatoms. The second-order valence-corrected chi connectivity index (χ2v) is 7.59. The highest BCUT2D eigenvalue weighted by Gasteiger charge is 2.18. The normalized spacial score (nSPS) is 16.9. The number of hydrogen-bond acceptors (Lipinski definition) is 3. The monoisotopic (exact) mass is 343 g/mol. The molecule has 0 amide bonds. The smallest absolute Gasteiger partial charge is 0.127 e. The Bertz CT molecular complexity index is 802. The molecule has 2 aromatic heterocycles. The van der Waals surface area contributed by atoms with Gasteiger partial charge in [-0.05, 0) is 36.1 Å². The van der Waals surface area contributed by atoms with Crippen molar-refractivity contribution in [1.29, 1.82) is 0 Å². The van der Waals surface area contributed by atoms with Gasteiger partial charge >= 0.3 is 0 Å². The minimum atomic E-state index is -0.0797. The molecule has 126 valence electrons. The Morgan fingerprint density at radius 2 is 1.79 bits per heavy atom. The molecule has 0 saturated carbocycles. The predicted molar refractivity (Wildman–Crippen MR) is 97.9 cm³/mol. The standard InChI is InChI=1S/C19H22FN3S/c1-14-2-3-15(17(20)10-14)12-22-5-7-23(8-6-22)13-16-11-19-18(21-16)4-9-24-19/h2-4,9-11,21H,5-8,12-13H2,1H3. The van der Waals surface area contributed by atoms with Crippen molar-refractivity contribution >= 4 is 21.6 Å². The van der Waals surface area contributed by atoms with E-state index in [1.54, 1.807) is 17.4 Å². The molecule has 3 aromatic rings. The van der Waals surface area contributed by atoms with Gasteiger partial charge in [0, 0.05) is 50.5 Å². The largest absolute Gasteiger partial charge is 0.357 e. The Labute approximate surface area is 145 Å². The lowest BCUT2D eigenvalue weighted by atomic mass is 10.1. The molecule has 0 bridgehead atoms. The van der Waals surface area contributed by atoms with Crippen molar-refractivity contribution in [2.24, 2.45) is 0 Å². The second-order valence-electron chi connectivity index (χ2n) is 6.64. The quantitative estimate of drug-likeness (QED) is 0.774. The van der Waals surface area contributed by atoms with Gasteiger partial charge in [-0.2, -0.15) is 0 Å². The first-order valence-electron chi connectivity index (χ1n) is 8.42. The van der Waals surface area contributed by atoms with Crippen molar-refractivity contribution in [2.75, 3.05) is 26.2 Å². The lowest BCUT2D eigenvalue weighted by molar-refractivity contribution is 0.120. The van der Waals surface area contributed by atoms with E-state index >= 15 is 0 Å². The number of halogens is 1. The van der Waals surface area contributed by atoms with Crippen molar-refractivity contribution in [3.05, 3.63) is 58.3 Å². The Kier molecular flexibility index (Phi) is 4.39. The van der Waals surface area contributed by atoms with Crippen LogP contribution in [0.5, 0.6) is 0 Å². The number of aromatic nitrogens is 1. The SMILES string of the molecule is Cc1ccc(CN2CCN(Cc3cc4sccc4[nH]3)CC2)c(F)c1. The third-order valence-corrected chi connectivity index (χ3v) is 5.62. The Balaban J connectivity index is 1.32. The zero-order valence-electron chi connectivity index (χ0n) is 13.9. The summed E-state index contributed by atoms with van der Waals surface area (Å²) in [5.74, 6) is -0.0797. The van der Waals surface area contributed by atoms with E-state index in [0.717, 1.165) is 43.9 Å². The summed E-state index contributed by atoms with van der Waals surface area (Å²) < 4.78 is 15.3. The van der Waals surface area contributed by atoms with E-state index in [1.807, 2.05) is 19.1 Å². The Morgan fingerprint density at radius 1 is 1.04 bits per heavy atom. The molecule has 0 unspecified atom stereocenters. The zero-order chi connectivity index (χ0) is 16.5. The van der Waals surface area contributed by atoms with E-state index < -0.39 is 0 Å². The molecule has 0 radical (unpaired) electrons. The molecule has 1 N–H and O–H groups in total. The fourth-order valence-electron chi connectivity index (χ4n) is 3.36. The topological polar surface area (TPSA) is 22.3 Å². The van der Waals surface area contributed by atoms with Crippen molar-refractivity contribution in [1.82, 2.24) is 14.8 Å². The lowest BCUT2D eigenvalue weighted by Crippen LogP contribution is -2.45. The third-order valence-electron chi connectivity index (χ3n) is 4.76. The summed E-state index contributed by atoms with van der Waals surface area (Å²) in [5, 5.41) is 2.12. The van der Waals surface area contributed by atoms with Crippen LogP contribution in [0.4, 0.5) is 4.39 Å². The molecular formula is C19H22FN3S. The van der Waals surface area contributed by atoms with Gasteiger partial charge in [-0.25, -0.2) is 4.39 Å². The van der Waals surface area contributed by atoms with Gasteiger partial charge in [-0.15, -0.1) is 11.3 Å². The van der Waals surface area contributed by atoms with Gasteiger partial charge in [0.05, 0.1) is 10.2 Å². The van der Waals surface area contributed by atoms with Gasteiger partial charge < -0.3 is 4.98 Å². The number of aryl methyl sites for hydroxylation is 1. The average Bonchev–Trinajstić information content (AvgIpc) is 3.13. The summed E-state index contributed by atoms with van der Waals surface area (Å²) in [6.45, 7) is 7.63. The number of H-pyrrole nitrogens is 1. The van der Waals surface area contributed by atoms with Crippen molar-refractivity contribution in [3.63, 3.8) is 0 Å². The van der Waals surface area contributed by atoms with Crippen molar-refractivity contribution < 1.29 is 4.39 Å². The fraction of sp³-hybridized carbons (Fsp3) is 0.368. The van der Waals surface area contributed by atoms with Gasteiger partial charge in [0.25, 0.3) is 0 Å². The first kappa shape index (κ1) is 15.8. The molecule has 3 nitrogen and oxygen atoms in total. The number of nitrogens with one attached hydrogen (secondary N) is 1. The molecule has 1 saturated heterocycles. The van der Waals surface area contributed by atoms with Crippen molar-refractivity contribution in [2.45, 2.75) is 20.0 Å². The minimum Gasteiger partial charge on any atom is -0.357 e. The molecule has 1 aliphatic heterocycles. The number of piperazine rings is 1. The van der Waals surface area contributed by atoms with Crippen molar-refractivity contribution in [3.8, 4) is 0 Å². The van der Waals surface area contributed by atoms with Crippen LogP contribution in [0.25, 0.3) is 10.2 Å². The summed E-state index contributed by atoms with van der Waals surface area (Å²) in [5.41, 5.74) is 4.31. The fourth-order valence-corrected chi connectivity index (χ4v) is 4.16. The maximum absolute atomic E-state index is 14.0. The summed E-state index contributed by atoms with van der Waals surface area (Å²) in [4.78, 5) is 8.31. The highest BCUT2D eigenvalue weighted by Crippen LogP contribution is 2.22. The van der Waals surface area contributed by atoms with E-state index in [1.165, 1.54) is 15.9 Å². The lowest BCUT2D eigenvalue weighted by Gasteiger charge is -2.34. The number of fused-ring (bicyclic) bond motifs is 1.